The monoisotopic (exact) mass is 1080 g/mol. The fourth-order valence-electron chi connectivity index (χ4n) is 10.8. The van der Waals surface area contributed by atoms with Gasteiger partial charge in [0, 0.05) is 38.2 Å². The number of hydrogen-bond acceptors (Lipinski definition) is 19. The third kappa shape index (κ3) is 15.2. The molecule has 2 aromatic carbocycles. The minimum Gasteiger partial charge on any atom is -0.459 e. The lowest BCUT2D eigenvalue weighted by Gasteiger charge is -2.50. The van der Waals surface area contributed by atoms with E-state index in [0.29, 0.717) is 6.42 Å². The first kappa shape index (κ1) is 61.8. The molecule has 3 heterocycles. The Kier molecular flexibility index (Phi) is 21.5. The fraction of sp³-hybridized carbons (Fsp3) is 0.709. The molecular weight excluding hydrogens is 994 g/mol. The Morgan fingerprint density at radius 3 is 1.83 bits per heavy atom. The summed E-state index contributed by atoms with van der Waals surface area (Å²) in [7, 11) is 0.636. The molecule has 0 amide bonds. The van der Waals surface area contributed by atoms with Crippen LogP contribution in [-0.4, -0.2) is 144 Å². The zero-order valence-electron chi connectivity index (χ0n) is 46.5. The smallest absolute Gasteiger partial charge is 0.459 e. The summed E-state index contributed by atoms with van der Waals surface area (Å²) in [6.07, 6.45) is -11.2. The summed E-state index contributed by atoms with van der Waals surface area (Å²) in [5, 5.41) is 25.4. The summed E-state index contributed by atoms with van der Waals surface area (Å²) < 4.78 is 84.5. The predicted octanol–water partition coefficient (Wildman–Crippen LogP) is 8.00. The topological polar surface area (TPSA) is 231 Å². The number of carbonyl (C=O) groups is 4. The third-order valence-corrected chi connectivity index (χ3v) is 16.3. The van der Waals surface area contributed by atoms with Crippen LogP contribution in [0.3, 0.4) is 0 Å². The number of Topliss-reactive ketones (excluding diaryl/α,β-unsaturated/α-hetero) is 1. The van der Waals surface area contributed by atoms with Crippen molar-refractivity contribution in [3.63, 3.8) is 0 Å². The lowest BCUT2D eigenvalue weighted by molar-refractivity contribution is -0.318. The lowest BCUT2D eigenvalue weighted by atomic mass is 9.74. The number of ketones is 1. The van der Waals surface area contributed by atoms with Crippen molar-refractivity contribution < 1.29 is 85.4 Å². The number of benzene rings is 2. The van der Waals surface area contributed by atoms with Crippen LogP contribution in [0, 0.1) is 23.7 Å². The van der Waals surface area contributed by atoms with Crippen molar-refractivity contribution >= 4 is 31.5 Å². The van der Waals surface area contributed by atoms with E-state index in [0.717, 1.165) is 0 Å². The minimum absolute atomic E-state index is 0.0500. The summed E-state index contributed by atoms with van der Waals surface area (Å²) >= 11 is 0. The van der Waals surface area contributed by atoms with Crippen LogP contribution in [0.25, 0.3) is 0 Å². The highest BCUT2D eigenvalue weighted by Crippen LogP contribution is 2.54. The zero-order chi connectivity index (χ0) is 55.8. The number of likely N-dealkylation sites (N-methyl/N-ethyl adjacent to an activating group) is 1. The number of ether oxygens (including phenoxy) is 8. The van der Waals surface area contributed by atoms with Crippen LogP contribution < -0.4 is 9.05 Å². The van der Waals surface area contributed by atoms with E-state index in [9.17, 15) is 34.0 Å². The summed E-state index contributed by atoms with van der Waals surface area (Å²) in [5.41, 5.74) is -5.39. The summed E-state index contributed by atoms with van der Waals surface area (Å²) in [6.45, 7) is 19.5. The number of phosphoric acid groups is 1. The maximum atomic E-state index is 14.9. The van der Waals surface area contributed by atoms with Gasteiger partial charge in [0.2, 0.25) is 0 Å². The molecule has 2 aromatic rings. The van der Waals surface area contributed by atoms with E-state index in [1.165, 1.54) is 27.9 Å². The second-order valence-corrected chi connectivity index (χ2v) is 22.9. The van der Waals surface area contributed by atoms with Gasteiger partial charge in [0.25, 0.3) is 0 Å². The molecule has 0 bridgehead atoms. The number of methoxy groups -OCH3 is 1. The molecule has 3 aliphatic heterocycles. The molecular formula is C55H84NO18P. The van der Waals surface area contributed by atoms with E-state index in [1.807, 2.05) is 25.9 Å². The van der Waals surface area contributed by atoms with Gasteiger partial charge in [-0.05, 0) is 99.2 Å². The van der Waals surface area contributed by atoms with Crippen LogP contribution >= 0.6 is 7.82 Å². The Morgan fingerprint density at radius 2 is 1.31 bits per heavy atom. The van der Waals surface area contributed by atoms with Gasteiger partial charge in [-0.1, -0.05) is 77.9 Å². The molecule has 5 rings (SSSR count). The highest BCUT2D eigenvalue weighted by molar-refractivity contribution is 7.49. The number of hydrogen-bond donors (Lipinski definition) is 2. The lowest BCUT2D eigenvalue weighted by Crippen LogP contribution is -2.62. The van der Waals surface area contributed by atoms with Crippen molar-refractivity contribution in [3.8, 4) is 11.5 Å². The molecule has 18 atom stereocenters. The van der Waals surface area contributed by atoms with Crippen LogP contribution in [0.2, 0.25) is 0 Å². The van der Waals surface area contributed by atoms with E-state index in [-0.39, 0.29) is 49.6 Å². The van der Waals surface area contributed by atoms with E-state index in [4.69, 9.17) is 51.5 Å². The van der Waals surface area contributed by atoms with E-state index in [2.05, 4.69) is 0 Å². The Bertz CT molecular complexity index is 2190. The van der Waals surface area contributed by atoms with Crippen molar-refractivity contribution in [2.75, 3.05) is 21.2 Å². The average molecular weight is 1080 g/mol. The summed E-state index contributed by atoms with van der Waals surface area (Å²) in [4.78, 5) is 57.5. The van der Waals surface area contributed by atoms with E-state index >= 15 is 0 Å². The Balaban J connectivity index is 1.62. The normalized spacial score (nSPS) is 37.4. The van der Waals surface area contributed by atoms with Crippen LogP contribution in [-0.2, 0) is 66.2 Å². The number of nitrogens with zero attached hydrogens (tertiary/aromatic N) is 1. The number of esters is 3. The highest BCUT2D eigenvalue weighted by Gasteiger charge is 2.56. The Hall–Kier alpha value is -4.01. The molecule has 0 aromatic heterocycles. The molecule has 3 saturated heterocycles. The van der Waals surface area contributed by atoms with Crippen molar-refractivity contribution in [2.45, 2.75) is 206 Å². The van der Waals surface area contributed by atoms with Gasteiger partial charge in [-0.3, -0.25) is 23.7 Å². The number of para-hydroxylation sites is 2. The van der Waals surface area contributed by atoms with Crippen molar-refractivity contribution in [1.29, 1.82) is 0 Å². The summed E-state index contributed by atoms with van der Waals surface area (Å²) in [6, 6.07) is 16.5. The maximum Gasteiger partial charge on any atom is 0.588 e. The van der Waals surface area contributed by atoms with Gasteiger partial charge in [-0.2, -0.15) is 0 Å². The SMILES string of the molecule is CCC(=O)O[C@H]1[C@H](O[C@@H]2[C@@H](C)[C@H](O[C@H]3C[C@@](C)(OC)[C@@H](OP(=O)(Oc4ccccc4)Oc4ccccc4)[C@H](C)O3)[C@@H](C)C(=O)O[C@H](CC)[C@](C)(O)[C@H](OC(=O)CC)[C@@H](C)C(=O)[C@H](C)C[C@]2(C)O)O[C@H](C)C[C@@H]1N(C)C. The van der Waals surface area contributed by atoms with E-state index in [1.54, 1.807) is 116 Å². The third-order valence-electron chi connectivity index (χ3n) is 15.0. The first-order valence-corrected chi connectivity index (χ1v) is 27.8. The number of rotatable bonds is 17. The Labute approximate surface area is 443 Å². The maximum absolute atomic E-state index is 14.9. The number of carbonyl (C=O) groups excluding carboxylic acids is 4. The van der Waals surface area contributed by atoms with Gasteiger partial charge in [-0.15, -0.1) is 0 Å². The number of cyclic esters (lactones) is 1. The van der Waals surface area contributed by atoms with Gasteiger partial charge in [0.15, 0.2) is 18.7 Å². The van der Waals surface area contributed by atoms with Gasteiger partial charge in [-0.25, -0.2) is 4.57 Å². The van der Waals surface area contributed by atoms with Gasteiger partial charge in [0.05, 0.1) is 53.5 Å². The molecule has 0 spiro atoms. The largest absolute Gasteiger partial charge is 0.588 e. The van der Waals surface area contributed by atoms with Crippen LogP contribution in [0.1, 0.15) is 122 Å². The van der Waals surface area contributed by atoms with Crippen molar-refractivity contribution in [1.82, 2.24) is 4.90 Å². The molecule has 0 aliphatic carbocycles. The molecule has 3 fully saturated rings. The quantitative estimate of drug-likeness (QED) is 0.0868. The van der Waals surface area contributed by atoms with Gasteiger partial charge < -0.3 is 62.1 Å². The fourth-order valence-corrected chi connectivity index (χ4v) is 12.4. The van der Waals surface area contributed by atoms with Crippen molar-refractivity contribution in [3.05, 3.63) is 60.7 Å². The summed E-state index contributed by atoms with van der Waals surface area (Å²) in [5.74, 6) is -6.36. The van der Waals surface area contributed by atoms with Gasteiger partial charge >= 0.3 is 25.7 Å². The second-order valence-electron chi connectivity index (χ2n) is 21.4. The minimum atomic E-state index is -4.52. The standard InChI is InChI=1S/C55H84NO18P/c1-16-41-55(12,62)49(69-43(58)18-3)34(6)45(59)32(4)30-53(10,61)48(71-52-47(68-42(57)17-2)40(56(13)14)29-33(5)65-52)35(7)46(36(8)51(60)67-41)70-44-31-54(11,64-15)50(37(9)66-44)74-75(63,72-38-25-21-19-22-26-38)73-39-27-23-20-24-28-39/h19-28,32-37,40-41,44,46-50,52,61-62H,16-18,29-31H2,1-15H3/t32-,33-,34+,35+,36-,37+,40+,41-,44+,46+,47-,48-,49-,50+,52+,53+,54-,55+/m1/s1. The predicted molar refractivity (Wildman–Crippen MR) is 275 cm³/mol. The van der Waals surface area contributed by atoms with Crippen LogP contribution in [0.5, 0.6) is 11.5 Å². The molecule has 0 unspecified atom stereocenters. The van der Waals surface area contributed by atoms with Crippen molar-refractivity contribution in [2.24, 2.45) is 23.7 Å². The molecule has 20 heteroatoms. The molecule has 3 aliphatic rings. The van der Waals surface area contributed by atoms with Gasteiger partial charge in [0.1, 0.15) is 41.2 Å². The average Bonchev–Trinajstić information content (AvgIpc) is 3.36. The molecule has 75 heavy (non-hydrogen) atoms. The van der Waals surface area contributed by atoms with Crippen LogP contribution in [0.15, 0.2) is 60.7 Å². The first-order chi connectivity index (χ1) is 35.1. The Morgan fingerprint density at radius 1 is 0.747 bits per heavy atom. The first-order valence-electron chi connectivity index (χ1n) is 26.3. The number of phosphoric ester groups is 1. The molecule has 0 saturated carbocycles. The second kappa shape index (κ2) is 26.1. The molecule has 422 valence electrons. The van der Waals surface area contributed by atoms with Crippen LogP contribution in [0.4, 0.5) is 0 Å². The molecule has 19 nitrogen and oxygen atoms in total. The highest BCUT2D eigenvalue weighted by atomic mass is 31.2. The van der Waals surface area contributed by atoms with E-state index < -0.39 is 133 Å². The zero-order valence-corrected chi connectivity index (χ0v) is 47.4. The molecule has 2 N–H and O–H groups in total. The molecule has 0 radical (unpaired) electrons. The number of aliphatic hydroxyl groups is 2.